The molecule has 0 saturated carbocycles. The summed E-state index contributed by atoms with van der Waals surface area (Å²) in [7, 11) is 0. The number of para-hydroxylation sites is 1. The summed E-state index contributed by atoms with van der Waals surface area (Å²) in [6.45, 7) is 0. The molecule has 0 bridgehead atoms. The first-order valence-corrected chi connectivity index (χ1v) is 3.98. The van der Waals surface area contributed by atoms with Gasteiger partial charge in [0, 0.05) is 0 Å². The van der Waals surface area contributed by atoms with E-state index >= 15 is 0 Å². The van der Waals surface area contributed by atoms with Crippen LogP contribution in [0.1, 0.15) is 0 Å². The normalized spacial score (nSPS) is 10.1. The second kappa shape index (κ2) is 2.98. The Bertz CT molecular complexity index is 369. The van der Waals surface area contributed by atoms with E-state index in [4.69, 9.17) is 0 Å². The van der Waals surface area contributed by atoms with E-state index in [0.717, 1.165) is 10.7 Å². The van der Waals surface area contributed by atoms with Crippen LogP contribution in [0.2, 0.25) is 0 Å². The standard InChI is InChI=1S/C8H7N3S/c12-8-6-9-10-11(8)7-4-2-1-3-5-7/h1-6,12H. The van der Waals surface area contributed by atoms with Gasteiger partial charge in [0.15, 0.2) is 0 Å². The van der Waals surface area contributed by atoms with Crippen molar-refractivity contribution in [2.75, 3.05) is 0 Å². The topological polar surface area (TPSA) is 30.7 Å². The van der Waals surface area contributed by atoms with Crippen molar-refractivity contribution in [1.29, 1.82) is 0 Å². The van der Waals surface area contributed by atoms with Gasteiger partial charge in [0.1, 0.15) is 5.03 Å². The fourth-order valence-electron chi connectivity index (χ4n) is 0.983. The third-order valence-electron chi connectivity index (χ3n) is 1.53. The van der Waals surface area contributed by atoms with Crippen molar-refractivity contribution in [3.63, 3.8) is 0 Å². The van der Waals surface area contributed by atoms with Crippen molar-refractivity contribution in [3.05, 3.63) is 36.5 Å². The van der Waals surface area contributed by atoms with Crippen molar-refractivity contribution in [2.24, 2.45) is 0 Å². The maximum Gasteiger partial charge on any atom is 0.117 e. The molecule has 0 aliphatic heterocycles. The summed E-state index contributed by atoms with van der Waals surface area (Å²) in [5.41, 5.74) is 0.972. The van der Waals surface area contributed by atoms with Gasteiger partial charge in [0.25, 0.3) is 0 Å². The van der Waals surface area contributed by atoms with Crippen LogP contribution in [-0.2, 0) is 0 Å². The first-order valence-electron chi connectivity index (χ1n) is 3.53. The average Bonchev–Trinajstić information content (AvgIpc) is 2.53. The first kappa shape index (κ1) is 7.36. The Balaban J connectivity index is 2.51. The van der Waals surface area contributed by atoms with Gasteiger partial charge in [-0.15, -0.1) is 17.7 Å². The second-order valence-corrected chi connectivity index (χ2v) is 2.80. The minimum atomic E-state index is 0.737. The molecular weight excluding hydrogens is 170 g/mol. The third kappa shape index (κ3) is 1.21. The minimum absolute atomic E-state index is 0.737. The zero-order valence-electron chi connectivity index (χ0n) is 6.25. The molecule has 1 aromatic carbocycles. The van der Waals surface area contributed by atoms with Gasteiger partial charge in [-0.3, -0.25) is 0 Å². The Kier molecular flexibility index (Phi) is 1.83. The highest BCUT2D eigenvalue weighted by Gasteiger charge is 1.99. The van der Waals surface area contributed by atoms with Crippen LogP contribution in [0.15, 0.2) is 41.6 Å². The van der Waals surface area contributed by atoms with Gasteiger partial charge in [-0.05, 0) is 12.1 Å². The lowest BCUT2D eigenvalue weighted by atomic mass is 10.3. The van der Waals surface area contributed by atoms with Gasteiger partial charge >= 0.3 is 0 Å². The van der Waals surface area contributed by atoms with E-state index in [2.05, 4.69) is 22.9 Å². The Labute approximate surface area is 75.4 Å². The molecule has 0 aliphatic carbocycles. The summed E-state index contributed by atoms with van der Waals surface area (Å²) in [6.07, 6.45) is 1.61. The summed E-state index contributed by atoms with van der Waals surface area (Å²) in [6, 6.07) is 9.76. The zero-order valence-corrected chi connectivity index (χ0v) is 7.15. The van der Waals surface area contributed by atoms with E-state index in [1.165, 1.54) is 0 Å². The SMILES string of the molecule is Sc1cnnn1-c1ccccc1. The first-order chi connectivity index (χ1) is 5.88. The molecular formula is C8H7N3S. The fraction of sp³-hybridized carbons (Fsp3) is 0. The lowest BCUT2D eigenvalue weighted by Gasteiger charge is -1.99. The molecule has 0 N–H and O–H groups in total. The second-order valence-electron chi connectivity index (χ2n) is 2.34. The van der Waals surface area contributed by atoms with Crippen LogP contribution in [0, 0.1) is 0 Å². The minimum Gasteiger partial charge on any atom is -0.207 e. The van der Waals surface area contributed by atoms with Gasteiger partial charge in [-0.25, -0.2) is 4.68 Å². The number of benzene rings is 1. The molecule has 2 rings (SSSR count). The number of aromatic nitrogens is 3. The van der Waals surface area contributed by atoms with Crippen molar-refractivity contribution >= 4 is 12.6 Å². The molecule has 4 heteroatoms. The van der Waals surface area contributed by atoms with Crippen LogP contribution in [-0.4, -0.2) is 15.0 Å². The van der Waals surface area contributed by atoms with Crippen molar-refractivity contribution in [1.82, 2.24) is 15.0 Å². The van der Waals surface area contributed by atoms with Gasteiger partial charge in [-0.1, -0.05) is 23.4 Å². The Hall–Kier alpha value is -1.29. The van der Waals surface area contributed by atoms with Gasteiger partial charge < -0.3 is 0 Å². The predicted octanol–water partition coefficient (Wildman–Crippen LogP) is 1.56. The van der Waals surface area contributed by atoms with Crippen LogP contribution in [0.3, 0.4) is 0 Å². The fourth-order valence-corrected chi connectivity index (χ4v) is 1.19. The van der Waals surface area contributed by atoms with Crippen LogP contribution in [0.25, 0.3) is 5.69 Å². The quantitative estimate of drug-likeness (QED) is 0.670. The maximum atomic E-state index is 4.20. The Morgan fingerprint density at radius 1 is 1.17 bits per heavy atom. The molecule has 0 unspecified atom stereocenters. The van der Waals surface area contributed by atoms with E-state index in [1.54, 1.807) is 10.9 Å². The lowest BCUT2D eigenvalue weighted by molar-refractivity contribution is 0.758. The van der Waals surface area contributed by atoms with E-state index in [9.17, 15) is 0 Å². The summed E-state index contributed by atoms with van der Waals surface area (Å²) in [5.74, 6) is 0. The van der Waals surface area contributed by atoms with Crippen LogP contribution >= 0.6 is 12.6 Å². The average molecular weight is 177 g/mol. The largest absolute Gasteiger partial charge is 0.207 e. The molecule has 3 nitrogen and oxygen atoms in total. The number of rotatable bonds is 1. The zero-order chi connectivity index (χ0) is 8.39. The van der Waals surface area contributed by atoms with Crippen LogP contribution in [0.4, 0.5) is 0 Å². The molecule has 1 heterocycles. The number of nitrogens with zero attached hydrogens (tertiary/aromatic N) is 3. The summed E-state index contributed by atoms with van der Waals surface area (Å²) < 4.78 is 1.67. The molecule has 60 valence electrons. The third-order valence-corrected chi connectivity index (χ3v) is 1.84. The van der Waals surface area contributed by atoms with E-state index < -0.39 is 0 Å². The highest BCUT2D eigenvalue weighted by Crippen LogP contribution is 2.10. The van der Waals surface area contributed by atoms with Crippen molar-refractivity contribution < 1.29 is 0 Å². The van der Waals surface area contributed by atoms with Gasteiger partial charge in [0.05, 0.1) is 11.9 Å². The van der Waals surface area contributed by atoms with Crippen LogP contribution < -0.4 is 0 Å². The molecule has 12 heavy (non-hydrogen) atoms. The van der Waals surface area contributed by atoms with Gasteiger partial charge in [-0.2, -0.15) is 0 Å². The molecule has 0 saturated heterocycles. The Morgan fingerprint density at radius 3 is 2.50 bits per heavy atom. The molecule has 0 amide bonds. The molecule has 0 aliphatic rings. The molecule has 0 atom stereocenters. The lowest BCUT2D eigenvalue weighted by Crippen LogP contribution is -1.96. The molecule has 0 spiro atoms. The van der Waals surface area contributed by atoms with Crippen LogP contribution in [0.5, 0.6) is 0 Å². The predicted molar refractivity (Wildman–Crippen MR) is 48.6 cm³/mol. The molecule has 0 fully saturated rings. The van der Waals surface area contributed by atoms with E-state index in [-0.39, 0.29) is 0 Å². The molecule has 1 aromatic heterocycles. The van der Waals surface area contributed by atoms with E-state index in [0.29, 0.717) is 0 Å². The summed E-state index contributed by atoms with van der Waals surface area (Å²) in [4.78, 5) is 0. The highest BCUT2D eigenvalue weighted by atomic mass is 32.1. The molecule has 0 radical (unpaired) electrons. The highest BCUT2D eigenvalue weighted by molar-refractivity contribution is 7.80. The van der Waals surface area contributed by atoms with Crippen molar-refractivity contribution in [3.8, 4) is 5.69 Å². The number of hydrogen-bond donors (Lipinski definition) is 1. The smallest absolute Gasteiger partial charge is 0.117 e. The monoisotopic (exact) mass is 177 g/mol. The summed E-state index contributed by atoms with van der Waals surface area (Å²) >= 11 is 4.20. The van der Waals surface area contributed by atoms with Gasteiger partial charge in [0.2, 0.25) is 0 Å². The van der Waals surface area contributed by atoms with E-state index in [1.807, 2.05) is 30.3 Å². The summed E-state index contributed by atoms with van der Waals surface area (Å²) in [5, 5.41) is 8.35. The van der Waals surface area contributed by atoms with Crippen molar-refractivity contribution in [2.45, 2.75) is 5.03 Å². The number of thiol groups is 1. The molecule has 2 aromatic rings. The number of hydrogen-bond acceptors (Lipinski definition) is 3. The Morgan fingerprint density at radius 2 is 1.92 bits per heavy atom. The maximum absolute atomic E-state index is 4.20.